The number of benzene rings is 2. The van der Waals surface area contributed by atoms with E-state index in [2.05, 4.69) is 5.32 Å². The Hall–Kier alpha value is -3.19. The number of anilines is 1. The Bertz CT molecular complexity index is 905. The summed E-state index contributed by atoms with van der Waals surface area (Å²) < 4.78 is 10.1. The van der Waals surface area contributed by atoms with E-state index in [1.165, 1.54) is 4.90 Å². The highest BCUT2D eigenvalue weighted by molar-refractivity contribution is 7.80. The largest absolute Gasteiger partial charge is 0.497 e. The molecule has 0 bridgehead atoms. The third-order valence-corrected chi connectivity index (χ3v) is 4.23. The normalized spacial score (nSPS) is 15.0. The highest BCUT2D eigenvalue weighted by Gasteiger charge is 2.32. The molecule has 0 radical (unpaired) electrons. The summed E-state index contributed by atoms with van der Waals surface area (Å²) in [5.41, 5.74) is 2.21. The summed E-state index contributed by atoms with van der Waals surface area (Å²) in [6.07, 6.45) is 1.72. The summed E-state index contributed by atoms with van der Waals surface area (Å²) in [6.45, 7) is 2.05. The van der Waals surface area contributed by atoms with Gasteiger partial charge in [0.05, 0.1) is 25.0 Å². The van der Waals surface area contributed by atoms with E-state index in [1.807, 2.05) is 24.3 Å². The lowest BCUT2D eigenvalue weighted by Gasteiger charge is -2.14. The van der Waals surface area contributed by atoms with Crippen molar-refractivity contribution in [1.82, 2.24) is 5.32 Å². The number of esters is 1. The number of methoxy groups -OCH3 is 1. The summed E-state index contributed by atoms with van der Waals surface area (Å²) in [7, 11) is 1.60. The van der Waals surface area contributed by atoms with E-state index in [4.69, 9.17) is 21.7 Å². The molecule has 0 aromatic heterocycles. The van der Waals surface area contributed by atoms with Crippen molar-refractivity contribution in [2.75, 3.05) is 18.6 Å². The highest BCUT2D eigenvalue weighted by Crippen LogP contribution is 2.23. The van der Waals surface area contributed by atoms with Crippen LogP contribution in [0.25, 0.3) is 6.08 Å². The second-order valence-electron chi connectivity index (χ2n) is 5.67. The smallest absolute Gasteiger partial charge is 0.338 e. The molecule has 1 aliphatic heterocycles. The predicted molar refractivity (Wildman–Crippen MR) is 107 cm³/mol. The number of amides is 1. The standard InChI is InChI=1S/C20H18N2O4S/c1-3-26-19(24)14-6-8-15(9-7-14)22-18(23)17(21-20(22)27)12-13-4-10-16(25-2)11-5-13/h4-12H,3H2,1-2H3,(H,21,27)/b17-12+. The number of hydrogen-bond donors (Lipinski definition) is 1. The van der Waals surface area contributed by atoms with Gasteiger partial charge in [0.1, 0.15) is 11.4 Å². The average Bonchev–Trinajstić information content (AvgIpc) is 2.96. The SMILES string of the molecule is CCOC(=O)c1ccc(N2C(=O)/C(=C\c3ccc(OC)cc3)NC2=S)cc1. The van der Waals surface area contributed by atoms with Crippen LogP contribution in [0.1, 0.15) is 22.8 Å². The summed E-state index contributed by atoms with van der Waals surface area (Å²) in [4.78, 5) is 25.9. The number of hydrogen-bond acceptors (Lipinski definition) is 5. The predicted octanol–water partition coefficient (Wildman–Crippen LogP) is 3.13. The first-order chi connectivity index (χ1) is 13.0. The molecule has 1 amide bonds. The van der Waals surface area contributed by atoms with Crippen LogP contribution >= 0.6 is 12.2 Å². The van der Waals surface area contributed by atoms with Crippen LogP contribution in [0.2, 0.25) is 0 Å². The van der Waals surface area contributed by atoms with Crippen LogP contribution in [0.5, 0.6) is 5.75 Å². The van der Waals surface area contributed by atoms with E-state index in [0.29, 0.717) is 23.6 Å². The monoisotopic (exact) mass is 382 g/mol. The van der Waals surface area contributed by atoms with E-state index >= 15 is 0 Å². The Morgan fingerprint density at radius 1 is 1.15 bits per heavy atom. The van der Waals surface area contributed by atoms with Crippen molar-refractivity contribution < 1.29 is 19.1 Å². The van der Waals surface area contributed by atoms with Crippen molar-refractivity contribution in [2.45, 2.75) is 6.92 Å². The van der Waals surface area contributed by atoms with Crippen molar-refractivity contribution in [3.05, 3.63) is 65.4 Å². The molecular formula is C20H18N2O4S. The van der Waals surface area contributed by atoms with Crippen LogP contribution in [0.3, 0.4) is 0 Å². The zero-order chi connectivity index (χ0) is 19.4. The van der Waals surface area contributed by atoms with E-state index in [0.717, 1.165) is 11.3 Å². The lowest BCUT2D eigenvalue weighted by Crippen LogP contribution is -2.30. The number of carbonyl (C=O) groups is 2. The third kappa shape index (κ3) is 3.98. The van der Waals surface area contributed by atoms with Crippen molar-refractivity contribution in [1.29, 1.82) is 0 Å². The second kappa shape index (κ2) is 8.01. The van der Waals surface area contributed by atoms with E-state index in [9.17, 15) is 9.59 Å². The van der Waals surface area contributed by atoms with Gasteiger partial charge in [-0.25, -0.2) is 4.79 Å². The van der Waals surface area contributed by atoms with Crippen LogP contribution in [-0.2, 0) is 9.53 Å². The van der Waals surface area contributed by atoms with Gasteiger partial charge in [-0.15, -0.1) is 0 Å². The molecule has 1 saturated heterocycles. The van der Waals surface area contributed by atoms with Gasteiger partial charge in [0.25, 0.3) is 5.91 Å². The Morgan fingerprint density at radius 2 is 1.81 bits per heavy atom. The molecule has 7 heteroatoms. The molecule has 2 aromatic rings. The minimum Gasteiger partial charge on any atom is -0.497 e. The Balaban J connectivity index is 1.81. The van der Waals surface area contributed by atoms with Crippen molar-refractivity contribution in [2.24, 2.45) is 0 Å². The van der Waals surface area contributed by atoms with Crippen molar-refractivity contribution in [3.8, 4) is 5.75 Å². The van der Waals surface area contributed by atoms with Gasteiger partial charge < -0.3 is 14.8 Å². The quantitative estimate of drug-likeness (QED) is 0.487. The minimum absolute atomic E-state index is 0.264. The lowest BCUT2D eigenvalue weighted by molar-refractivity contribution is -0.113. The van der Waals surface area contributed by atoms with Crippen molar-refractivity contribution >= 4 is 41.0 Å². The van der Waals surface area contributed by atoms with E-state index in [1.54, 1.807) is 44.4 Å². The summed E-state index contributed by atoms with van der Waals surface area (Å²) in [6, 6.07) is 13.9. The highest BCUT2D eigenvalue weighted by atomic mass is 32.1. The summed E-state index contributed by atoms with van der Waals surface area (Å²) >= 11 is 5.30. The maximum Gasteiger partial charge on any atom is 0.338 e. The molecule has 138 valence electrons. The fraction of sp³-hybridized carbons (Fsp3) is 0.150. The van der Waals surface area contributed by atoms with Crippen LogP contribution in [0, 0.1) is 0 Å². The number of ether oxygens (including phenoxy) is 2. The average molecular weight is 382 g/mol. The van der Waals surface area contributed by atoms with Crippen LogP contribution in [-0.4, -0.2) is 30.7 Å². The van der Waals surface area contributed by atoms with Gasteiger partial charge in [-0.3, -0.25) is 9.69 Å². The van der Waals surface area contributed by atoms with Gasteiger partial charge in [-0.2, -0.15) is 0 Å². The summed E-state index contributed by atoms with van der Waals surface area (Å²) in [5.74, 6) is 0.0685. The molecule has 1 aliphatic rings. The van der Waals surface area contributed by atoms with Gasteiger partial charge in [0.15, 0.2) is 5.11 Å². The maximum absolute atomic E-state index is 12.8. The fourth-order valence-corrected chi connectivity index (χ4v) is 2.90. The van der Waals surface area contributed by atoms with Crippen LogP contribution in [0.15, 0.2) is 54.2 Å². The maximum atomic E-state index is 12.8. The molecule has 0 unspecified atom stereocenters. The third-order valence-electron chi connectivity index (χ3n) is 3.94. The van der Waals surface area contributed by atoms with Gasteiger partial charge >= 0.3 is 5.97 Å². The molecule has 0 saturated carbocycles. The molecule has 27 heavy (non-hydrogen) atoms. The number of rotatable bonds is 5. The van der Waals surface area contributed by atoms with Gasteiger partial charge in [-0.1, -0.05) is 12.1 Å². The lowest BCUT2D eigenvalue weighted by atomic mass is 10.1. The molecule has 0 atom stereocenters. The minimum atomic E-state index is -0.405. The van der Waals surface area contributed by atoms with Crippen molar-refractivity contribution in [3.63, 3.8) is 0 Å². The number of nitrogens with one attached hydrogen (secondary N) is 1. The van der Waals surface area contributed by atoms with Crippen LogP contribution in [0.4, 0.5) is 5.69 Å². The Morgan fingerprint density at radius 3 is 2.41 bits per heavy atom. The fourth-order valence-electron chi connectivity index (χ4n) is 2.60. The molecule has 1 fully saturated rings. The Kier molecular flexibility index (Phi) is 5.52. The van der Waals surface area contributed by atoms with Gasteiger partial charge in [0, 0.05) is 0 Å². The molecular weight excluding hydrogens is 364 g/mol. The Labute approximate surface area is 162 Å². The number of nitrogens with zero attached hydrogens (tertiary/aromatic N) is 1. The molecule has 0 aliphatic carbocycles. The molecule has 6 nitrogen and oxygen atoms in total. The zero-order valence-corrected chi connectivity index (χ0v) is 15.7. The zero-order valence-electron chi connectivity index (χ0n) is 14.9. The summed E-state index contributed by atoms with van der Waals surface area (Å²) in [5, 5.41) is 3.21. The van der Waals surface area contributed by atoms with E-state index < -0.39 is 5.97 Å². The number of thiocarbonyl (C=S) groups is 1. The second-order valence-corrected chi connectivity index (χ2v) is 6.06. The molecule has 1 N–H and O–H groups in total. The number of carbonyl (C=O) groups excluding carboxylic acids is 2. The molecule has 2 aromatic carbocycles. The topological polar surface area (TPSA) is 67.9 Å². The molecule has 0 spiro atoms. The molecule has 1 heterocycles. The first-order valence-corrected chi connectivity index (χ1v) is 8.72. The first kappa shape index (κ1) is 18.6. The first-order valence-electron chi connectivity index (χ1n) is 8.32. The van der Waals surface area contributed by atoms with Crippen LogP contribution < -0.4 is 15.0 Å². The van der Waals surface area contributed by atoms with Gasteiger partial charge in [-0.05, 0) is 67.2 Å². The van der Waals surface area contributed by atoms with Gasteiger partial charge in [0.2, 0.25) is 0 Å². The van der Waals surface area contributed by atoms with E-state index in [-0.39, 0.29) is 11.0 Å². The molecule has 3 rings (SSSR count).